The van der Waals surface area contributed by atoms with Crippen molar-refractivity contribution in [3.63, 3.8) is 0 Å². The maximum Gasteiger partial charge on any atom is 0.310 e. The molecule has 2 rings (SSSR count). The van der Waals surface area contributed by atoms with Gasteiger partial charge in [0.05, 0.1) is 11.5 Å². The average molecular weight is 347 g/mol. The highest BCUT2D eigenvalue weighted by Gasteiger charge is 2.15. The van der Waals surface area contributed by atoms with Gasteiger partial charge in [0.1, 0.15) is 5.82 Å². The molecule has 25 heavy (non-hydrogen) atoms. The molecule has 9 heteroatoms. The van der Waals surface area contributed by atoms with Crippen LogP contribution in [0.3, 0.4) is 0 Å². The van der Waals surface area contributed by atoms with Crippen LogP contribution in [0.15, 0.2) is 48.5 Å². The first-order chi connectivity index (χ1) is 12.0. The molecule has 130 valence electrons. The molecule has 0 atom stereocenters. The Morgan fingerprint density at radius 2 is 1.76 bits per heavy atom. The van der Waals surface area contributed by atoms with Gasteiger partial charge in [-0.2, -0.15) is 0 Å². The number of halogens is 1. The number of nitro benzene ring substituents is 1. The summed E-state index contributed by atoms with van der Waals surface area (Å²) >= 11 is 0. The second-order valence-corrected chi connectivity index (χ2v) is 4.85. The Bertz CT molecular complexity index is 780. The second-order valence-electron chi connectivity index (χ2n) is 4.85. The van der Waals surface area contributed by atoms with Gasteiger partial charge in [0.2, 0.25) is 5.91 Å². The van der Waals surface area contributed by atoms with E-state index in [4.69, 9.17) is 4.74 Å². The number of nitro groups is 1. The molecule has 2 aromatic rings. The summed E-state index contributed by atoms with van der Waals surface area (Å²) in [6, 6.07) is 10.8. The van der Waals surface area contributed by atoms with Crippen LogP contribution in [-0.4, -0.2) is 29.9 Å². The van der Waals surface area contributed by atoms with Gasteiger partial charge in [0.15, 0.2) is 12.4 Å². The summed E-state index contributed by atoms with van der Waals surface area (Å²) in [7, 11) is 0. The summed E-state index contributed by atoms with van der Waals surface area (Å²) in [6.45, 7) is -0.800. The molecule has 0 spiro atoms. The average Bonchev–Trinajstić information content (AvgIpc) is 2.60. The van der Waals surface area contributed by atoms with E-state index in [1.54, 1.807) is 0 Å². The lowest BCUT2D eigenvalue weighted by Crippen LogP contribution is -2.35. The lowest BCUT2D eigenvalue weighted by Gasteiger charge is -2.08. The minimum absolute atomic E-state index is 0.0431. The Kier molecular flexibility index (Phi) is 5.99. The predicted octanol–water partition coefficient (Wildman–Crippen LogP) is 1.87. The van der Waals surface area contributed by atoms with Gasteiger partial charge in [-0.25, -0.2) is 4.39 Å². The molecule has 8 nitrogen and oxygen atoms in total. The minimum atomic E-state index is -0.622. The zero-order valence-electron chi connectivity index (χ0n) is 12.9. The third-order valence-electron chi connectivity index (χ3n) is 2.99. The standard InChI is InChI=1S/C16H14FN3O5/c17-11-5-7-12(8-6-11)19-15(21)9-18-16(22)10-25-14-4-2-1-3-13(14)20(23)24/h1-8H,9-10H2,(H,18,22)(H,19,21). The Labute approximate surface area is 141 Å². The first kappa shape index (κ1) is 17.9. The highest BCUT2D eigenvalue weighted by atomic mass is 19.1. The molecule has 0 saturated carbocycles. The highest BCUT2D eigenvalue weighted by molar-refractivity contribution is 5.94. The minimum Gasteiger partial charge on any atom is -0.477 e. The number of rotatable bonds is 7. The van der Waals surface area contributed by atoms with Crippen molar-refractivity contribution in [2.45, 2.75) is 0 Å². The summed E-state index contributed by atoms with van der Waals surface area (Å²) < 4.78 is 17.9. The summed E-state index contributed by atoms with van der Waals surface area (Å²) in [5, 5.41) is 15.6. The molecule has 0 fully saturated rings. The molecule has 2 N–H and O–H groups in total. The van der Waals surface area contributed by atoms with Crippen LogP contribution < -0.4 is 15.4 Å². The number of nitrogens with zero attached hydrogens (tertiary/aromatic N) is 1. The van der Waals surface area contributed by atoms with E-state index in [0.29, 0.717) is 5.69 Å². The molecule has 0 aliphatic carbocycles. The zero-order valence-corrected chi connectivity index (χ0v) is 12.9. The number of nitrogens with one attached hydrogen (secondary N) is 2. The van der Waals surface area contributed by atoms with Crippen LogP contribution in [0.5, 0.6) is 5.75 Å². The molecular weight excluding hydrogens is 333 g/mol. The van der Waals surface area contributed by atoms with E-state index in [0.717, 1.165) is 0 Å². The van der Waals surface area contributed by atoms with Crippen molar-refractivity contribution in [1.29, 1.82) is 0 Å². The van der Waals surface area contributed by atoms with E-state index in [2.05, 4.69) is 10.6 Å². The number of carbonyl (C=O) groups excluding carboxylic acids is 2. The van der Waals surface area contributed by atoms with Crippen LogP contribution in [0, 0.1) is 15.9 Å². The van der Waals surface area contributed by atoms with Gasteiger partial charge in [-0.05, 0) is 30.3 Å². The number of benzene rings is 2. The lowest BCUT2D eigenvalue weighted by atomic mass is 10.3. The monoisotopic (exact) mass is 347 g/mol. The molecule has 0 radical (unpaired) electrons. The third kappa shape index (κ3) is 5.57. The number of ether oxygens (including phenoxy) is 1. The smallest absolute Gasteiger partial charge is 0.310 e. The second kappa shape index (κ2) is 8.39. The first-order valence-electron chi connectivity index (χ1n) is 7.14. The summed E-state index contributed by atoms with van der Waals surface area (Å²) in [6.07, 6.45) is 0. The predicted molar refractivity (Wildman–Crippen MR) is 86.6 cm³/mol. The fourth-order valence-corrected chi connectivity index (χ4v) is 1.84. The first-order valence-corrected chi connectivity index (χ1v) is 7.14. The lowest BCUT2D eigenvalue weighted by molar-refractivity contribution is -0.385. The number of amides is 2. The van der Waals surface area contributed by atoms with Gasteiger partial charge in [0, 0.05) is 11.8 Å². The van der Waals surface area contributed by atoms with Crippen molar-refractivity contribution in [1.82, 2.24) is 5.32 Å². The quantitative estimate of drug-likeness (QED) is 0.587. The fourth-order valence-electron chi connectivity index (χ4n) is 1.84. The van der Waals surface area contributed by atoms with Gasteiger partial charge in [-0.1, -0.05) is 12.1 Å². The highest BCUT2D eigenvalue weighted by Crippen LogP contribution is 2.25. The largest absolute Gasteiger partial charge is 0.477 e. The summed E-state index contributed by atoms with van der Waals surface area (Å²) in [5.74, 6) is -1.60. The van der Waals surface area contributed by atoms with Gasteiger partial charge in [0.25, 0.3) is 5.91 Å². The van der Waals surface area contributed by atoms with E-state index < -0.39 is 29.2 Å². The van der Waals surface area contributed by atoms with Gasteiger partial charge in [-0.15, -0.1) is 0 Å². The number of hydrogen-bond donors (Lipinski definition) is 2. The van der Waals surface area contributed by atoms with E-state index in [1.807, 2.05) is 0 Å². The number of carbonyl (C=O) groups is 2. The maximum absolute atomic E-state index is 12.8. The summed E-state index contributed by atoms with van der Waals surface area (Å²) in [5.41, 5.74) is 0.126. The van der Waals surface area contributed by atoms with Crippen molar-refractivity contribution >= 4 is 23.2 Å². The van der Waals surface area contributed by atoms with Crippen molar-refractivity contribution in [2.24, 2.45) is 0 Å². The molecule has 0 aromatic heterocycles. The van der Waals surface area contributed by atoms with Crippen molar-refractivity contribution in [2.75, 3.05) is 18.5 Å². The molecule has 0 saturated heterocycles. The van der Waals surface area contributed by atoms with Crippen LogP contribution in [0.4, 0.5) is 15.8 Å². The van der Waals surface area contributed by atoms with E-state index in [-0.39, 0.29) is 18.0 Å². The third-order valence-corrected chi connectivity index (χ3v) is 2.99. The van der Waals surface area contributed by atoms with Gasteiger partial charge in [-0.3, -0.25) is 19.7 Å². The van der Waals surface area contributed by atoms with E-state index >= 15 is 0 Å². The Morgan fingerprint density at radius 3 is 2.44 bits per heavy atom. The molecule has 2 amide bonds. The van der Waals surface area contributed by atoms with Crippen LogP contribution in [0.25, 0.3) is 0 Å². The van der Waals surface area contributed by atoms with Crippen LogP contribution in [-0.2, 0) is 9.59 Å². The topological polar surface area (TPSA) is 111 Å². The molecule has 0 unspecified atom stereocenters. The number of anilines is 1. The molecule has 2 aromatic carbocycles. The Hall–Kier alpha value is -3.49. The van der Waals surface area contributed by atoms with Crippen molar-refractivity contribution in [3.05, 3.63) is 64.5 Å². The van der Waals surface area contributed by atoms with Crippen LogP contribution >= 0.6 is 0 Å². The summed E-state index contributed by atoms with van der Waals surface area (Å²) in [4.78, 5) is 33.5. The van der Waals surface area contributed by atoms with Crippen molar-refractivity contribution in [3.8, 4) is 5.75 Å². The van der Waals surface area contributed by atoms with Crippen molar-refractivity contribution < 1.29 is 23.6 Å². The molecule has 0 aliphatic heterocycles. The molecule has 0 bridgehead atoms. The number of hydrogen-bond acceptors (Lipinski definition) is 5. The van der Waals surface area contributed by atoms with E-state index in [9.17, 15) is 24.1 Å². The maximum atomic E-state index is 12.8. The normalized spacial score (nSPS) is 9.96. The van der Waals surface area contributed by atoms with Gasteiger partial charge < -0.3 is 15.4 Å². The Morgan fingerprint density at radius 1 is 1.08 bits per heavy atom. The van der Waals surface area contributed by atoms with Gasteiger partial charge >= 0.3 is 5.69 Å². The SMILES string of the molecule is O=C(COc1ccccc1[N+](=O)[O-])NCC(=O)Nc1ccc(F)cc1. The Balaban J connectivity index is 1.78. The van der Waals surface area contributed by atoms with Crippen LogP contribution in [0.1, 0.15) is 0 Å². The van der Waals surface area contributed by atoms with Crippen LogP contribution in [0.2, 0.25) is 0 Å². The molecule has 0 aliphatic rings. The molecular formula is C16H14FN3O5. The number of para-hydroxylation sites is 2. The zero-order chi connectivity index (χ0) is 18.2. The fraction of sp³-hybridized carbons (Fsp3) is 0.125. The van der Waals surface area contributed by atoms with E-state index in [1.165, 1.54) is 48.5 Å². The molecule has 0 heterocycles.